The smallest absolute Gasteiger partial charge is 0.243 e. The Balaban J connectivity index is 2.05. The van der Waals surface area contributed by atoms with Gasteiger partial charge >= 0.3 is 0 Å². The predicted octanol–water partition coefficient (Wildman–Crippen LogP) is -0.152. The lowest BCUT2D eigenvalue weighted by molar-refractivity contribution is -0.286. The number of carbonyl (C=O) groups excluding carboxylic acids is 1. The fourth-order valence-electron chi connectivity index (χ4n) is 5.05. The summed E-state index contributed by atoms with van der Waals surface area (Å²) in [5.74, 6) is -0.533. The molecule has 0 aromatic rings. The van der Waals surface area contributed by atoms with Crippen molar-refractivity contribution in [1.82, 2.24) is 5.32 Å². The third kappa shape index (κ3) is 1.68. The van der Waals surface area contributed by atoms with Crippen molar-refractivity contribution >= 4 is 5.91 Å². The molecule has 0 aromatic heterocycles. The molecule has 4 N–H and O–H groups in total. The average molecular weight is 267 g/mol. The average Bonchev–Trinajstić information content (AvgIpc) is 2.21. The van der Waals surface area contributed by atoms with E-state index in [0.717, 1.165) is 0 Å². The zero-order chi connectivity index (χ0) is 14.1. The molecular formula is C14H21NO4. The van der Waals surface area contributed by atoms with E-state index < -0.39 is 22.3 Å². The van der Waals surface area contributed by atoms with Crippen LogP contribution in [-0.2, 0) is 4.79 Å². The Labute approximate surface area is 112 Å². The van der Waals surface area contributed by atoms with E-state index in [1.807, 2.05) is 6.92 Å². The first-order chi connectivity index (χ1) is 8.64. The Bertz CT molecular complexity index is 442. The van der Waals surface area contributed by atoms with E-state index in [9.17, 15) is 20.1 Å². The molecule has 19 heavy (non-hydrogen) atoms. The number of carbonyl (C=O) groups is 1. The molecule has 5 heteroatoms. The first-order valence-electron chi connectivity index (χ1n) is 6.76. The Kier molecular flexibility index (Phi) is 2.34. The molecule has 0 heterocycles. The monoisotopic (exact) mass is 267 g/mol. The minimum absolute atomic E-state index is 0.204. The van der Waals surface area contributed by atoms with E-state index in [0.29, 0.717) is 12.8 Å². The number of hydrogen-bond donors (Lipinski definition) is 4. The van der Waals surface area contributed by atoms with Crippen molar-refractivity contribution in [3.63, 3.8) is 0 Å². The quantitative estimate of drug-likeness (QED) is 0.524. The van der Waals surface area contributed by atoms with Crippen LogP contribution in [0.4, 0.5) is 0 Å². The molecule has 4 aliphatic rings. The van der Waals surface area contributed by atoms with Crippen molar-refractivity contribution in [3.8, 4) is 0 Å². The van der Waals surface area contributed by atoms with Crippen LogP contribution < -0.4 is 5.32 Å². The molecule has 4 saturated carbocycles. The summed E-state index contributed by atoms with van der Waals surface area (Å²) in [5.41, 5.74) is -4.06. The van der Waals surface area contributed by atoms with Crippen LogP contribution in [0.25, 0.3) is 0 Å². The van der Waals surface area contributed by atoms with E-state index in [-0.39, 0.29) is 31.1 Å². The van der Waals surface area contributed by atoms with Crippen molar-refractivity contribution in [3.05, 3.63) is 12.7 Å². The van der Waals surface area contributed by atoms with E-state index in [2.05, 4.69) is 11.9 Å². The molecule has 4 bridgehead atoms. The summed E-state index contributed by atoms with van der Waals surface area (Å²) >= 11 is 0. The first kappa shape index (κ1) is 13.1. The van der Waals surface area contributed by atoms with Gasteiger partial charge in [-0.15, -0.1) is 0 Å². The second-order valence-corrected chi connectivity index (χ2v) is 7.01. The molecule has 3 atom stereocenters. The largest absolute Gasteiger partial charge is 0.390 e. The Morgan fingerprint density at radius 2 is 1.68 bits per heavy atom. The molecule has 4 rings (SSSR count). The minimum Gasteiger partial charge on any atom is -0.390 e. The molecule has 1 amide bonds. The van der Waals surface area contributed by atoms with Crippen LogP contribution >= 0.6 is 0 Å². The Morgan fingerprint density at radius 3 is 2.16 bits per heavy atom. The molecular weight excluding hydrogens is 246 g/mol. The summed E-state index contributed by atoms with van der Waals surface area (Å²) in [6.07, 6.45) is 2.77. The predicted molar refractivity (Wildman–Crippen MR) is 68.2 cm³/mol. The van der Waals surface area contributed by atoms with Gasteiger partial charge in [-0.25, -0.2) is 0 Å². The fourth-order valence-corrected chi connectivity index (χ4v) is 5.05. The summed E-state index contributed by atoms with van der Waals surface area (Å²) in [6.45, 7) is 5.32. The van der Waals surface area contributed by atoms with Gasteiger partial charge in [0.1, 0.15) is 0 Å². The van der Waals surface area contributed by atoms with Crippen molar-refractivity contribution in [1.29, 1.82) is 0 Å². The number of hydrogen-bond acceptors (Lipinski definition) is 4. The van der Waals surface area contributed by atoms with Crippen LogP contribution in [0.3, 0.4) is 0 Å². The van der Waals surface area contributed by atoms with Crippen LogP contribution in [-0.4, -0.2) is 43.6 Å². The lowest BCUT2D eigenvalue weighted by Gasteiger charge is -2.68. The standard InChI is InChI=1S/C14H21NO4/c1-3-10(16)15-13-5-11(17)4-12(18,6-13)8-14(19,7-11)9(13)2/h3,9,17-19H,1,4-8H2,2H3,(H,15,16). The minimum atomic E-state index is -1.12. The molecule has 5 nitrogen and oxygen atoms in total. The maximum Gasteiger partial charge on any atom is 0.243 e. The highest BCUT2D eigenvalue weighted by molar-refractivity contribution is 5.87. The number of nitrogens with one attached hydrogen (secondary N) is 1. The zero-order valence-corrected chi connectivity index (χ0v) is 11.1. The summed E-state index contributed by atoms with van der Waals surface area (Å²) < 4.78 is 0. The van der Waals surface area contributed by atoms with Crippen LogP contribution in [0.2, 0.25) is 0 Å². The third-order valence-corrected chi connectivity index (χ3v) is 5.41. The topological polar surface area (TPSA) is 89.8 Å². The summed E-state index contributed by atoms with van der Waals surface area (Å²) in [7, 11) is 0. The van der Waals surface area contributed by atoms with E-state index in [1.165, 1.54) is 6.08 Å². The van der Waals surface area contributed by atoms with Gasteiger partial charge in [-0.2, -0.15) is 0 Å². The SMILES string of the molecule is C=CC(=O)NC12CC3(O)CC(O)(CC(O)(C3)C1C)C2. The van der Waals surface area contributed by atoms with E-state index in [4.69, 9.17) is 0 Å². The fraction of sp³-hybridized carbons (Fsp3) is 0.786. The lowest BCUT2D eigenvalue weighted by atomic mass is 9.44. The first-order valence-corrected chi connectivity index (χ1v) is 6.76. The highest BCUT2D eigenvalue weighted by Crippen LogP contribution is 2.63. The molecule has 106 valence electrons. The lowest BCUT2D eigenvalue weighted by Crippen LogP contribution is -2.79. The second kappa shape index (κ2) is 3.40. The number of rotatable bonds is 2. The van der Waals surface area contributed by atoms with Crippen molar-refractivity contribution in [2.24, 2.45) is 5.92 Å². The zero-order valence-electron chi connectivity index (χ0n) is 11.1. The maximum absolute atomic E-state index is 11.7. The Morgan fingerprint density at radius 1 is 1.16 bits per heavy atom. The summed E-state index contributed by atoms with van der Waals surface area (Å²) in [5, 5.41) is 34.8. The van der Waals surface area contributed by atoms with Gasteiger partial charge in [-0.05, 0) is 18.9 Å². The molecule has 0 spiro atoms. The third-order valence-electron chi connectivity index (χ3n) is 5.41. The van der Waals surface area contributed by atoms with Crippen molar-refractivity contribution in [2.45, 2.75) is 61.4 Å². The highest BCUT2D eigenvalue weighted by Gasteiger charge is 2.71. The van der Waals surface area contributed by atoms with E-state index in [1.54, 1.807) is 0 Å². The van der Waals surface area contributed by atoms with Gasteiger partial charge in [0.2, 0.25) is 5.91 Å². The van der Waals surface area contributed by atoms with Gasteiger partial charge in [0.05, 0.1) is 22.3 Å². The summed E-state index contributed by atoms with van der Waals surface area (Å²) in [4.78, 5) is 11.7. The molecule has 0 saturated heterocycles. The highest BCUT2D eigenvalue weighted by atomic mass is 16.3. The normalized spacial score (nSPS) is 55.1. The van der Waals surface area contributed by atoms with E-state index >= 15 is 0 Å². The molecule has 0 aromatic carbocycles. The second-order valence-electron chi connectivity index (χ2n) is 7.01. The van der Waals surface area contributed by atoms with Gasteiger partial charge < -0.3 is 20.6 Å². The van der Waals surface area contributed by atoms with Crippen LogP contribution in [0.1, 0.15) is 39.0 Å². The van der Waals surface area contributed by atoms with Gasteiger partial charge in [0.25, 0.3) is 0 Å². The molecule has 0 aliphatic heterocycles. The molecule has 3 unspecified atom stereocenters. The van der Waals surface area contributed by atoms with Crippen molar-refractivity contribution in [2.75, 3.05) is 0 Å². The van der Waals surface area contributed by atoms with Crippen molar-refractivity contribution < 1.29 is 20.1 Å². The van der Waals surface area contributed by atoms with Crippen LogP contribution in [0, 0.1) is 5.92 Å². The molecule has 4 fully saturated rings. The van der Waals surface area contributed by atoms with Gasteiger partial charge in [0.15, 0.2) is 0 Å². The molecule has 0 radical (unpaired) electrons. The summed E-state index contributed by atoms with van der Waals surface area (Å²) in [6, 6.07) is 0. The van der Waals surface area contributed by atoms with Gasteiger partial charge in [-0.3, -0.25) is 4.79 Å². The van der Waals surface area contributed by atoms with Crippen LogP contribution in [0.15, 0.2) is 12.7 Å². The molecule has 4 aliphatic carbocycles. The maximum atomic E-state index is 11.7. The number of aliphatic hydroxyl groups is 3. The van der Waals surface area contributed by atoms with Gasteiger partial charge in [0, 0.05) is 25.2 Å². The van der Waals surface area contributed by atoms with Gasteiger partial charge in [-0.1, -0.05) is 13.5 Å². The Hall–Kier alpha value is -0.910. The van der Waals surface area contributed by atoms with Crippen LogP contribution in [0.5, 0.6) is 0 Å². The number of amides is 1.